The third-order valence-corrected chi connectivity index (χ3v) is 2.60. The molecule has 0 spiro atoms. The van der Waals surface area contributed by atoms with Crippen LogP contribution < -0.4 is 10.5 Å². The molecular weight excluding hydrogens is 224 g/mol. The van der Waals surface area contributed by atoms with Crippen LogP contribution in [0.1, 0.15) is 18.1 Å². The third-order valence-electron chi connectivity index (χ3n) is 2.60. The van der Waals surface area contributed by atoms with Crippen LogP contribution in [0, 0.1) is 6.92 Å². The number of aryl methyl sites for hydroxylation is 1. The minimum atomic E-state index is 0.0917. The molecule has 94 valence electrons. The second kappa shape index (κ2) is 5.65. The molecule has 0 aliphatic rings. The van der Waals surface area contributed by atoms with E-state index in [1.54, 1.807) is 6.20 Å². The van der Waals surface area contributed by atoms with E-state index in [4.69, 9.17) is 10.5 Å². The SMILES string of the molecule is Cc1cccc(Oc2ncccc2CC(C)N)c1. The first kappa shape index (κ1) is 12.6. The van der Waals surface area contributed by atoms with Gasteiger partial charge in [0, 0.05) is 17.8 Å². The molecule has 2 aromatic rings. The fourth-order valence-corrected chi connectivity index (χ4v) is 1.81. The van der Waals surface area contributed by atoms with Gasteiger partial charge in [-0.1, -0.05) is 18.2 Å². The third kappa shape index (κ3) is 3.31. The van der Waals surface area contributed by atoms with Crippen molar-refractivity contribution in [1.82, 2.24) is 4.98 Å². The van der Waals surface area contributed by atoms with Gasteiger partial charge in [-0.25, -0.2) is 4.98 Å². The lowest BCUT2D eigenvalue weighted by atomic mass is 10.1. The number of ether oxygens (including phenoxy) is 1. The molecule has 0 bridgehead atoms. The normalized spacial score (nSPS) is 12.2. The van der Waals surface area contributed by atoms with E-state index < -0.39 is 0 Å². The summed E-state index contributed by atoms with van der Waals surface area (Å²) in [5.74, 6) is 1.44. The summed E-state index contributed by atoms with van der Waals surface area (Å²) in [6.45, 7) is 4.01. The second-order valence-corrected chi connectivity index (χ2v) is 4.57. The predicted molar refractivity (Wildman–Crippen MR) is 72.8 cm³/mol. The summed E-state index contributed by atoms with van der Waals surface area (Å²) < 4.78 is 5.82. The topological polar surface area (TPSA) is 48.1 Å². The van der Waals surface area contributed by atoms with Crippen molar-refractivity contribution < 1.29 is 4.74 Å². The van der Waals surface area contributed by atoms with E-state index in [1.807, 2.05) is 50.2 Å². The number of hydrogen-bond donors (Lipinski definition) is 1. The van der Waals surface area contributed by atoms with Crippen molar-refractivity contribution in [3.63, 3.8) is 0 Å². The first-order chi connectivity index (χ1) is 8.65. The Kier molecular flexibility index (Phi) is 3.95. The molecule has 0 amide bonds. The highest BCUT2D eigenvalue weighted by Gasteiger charge is 2.08. The van der Waals surface area contributed by atoms with Crippen LogP contribution >= 0.6 is 0 Å². The monoisotopic (exact) mass is 242 g/mol. The van der Waals surface area contributed by atoms with E-state index in [9.17, 15) is 0 Å². The molecule has 0 aliphatic heterocycles. The van der Waals surface area contributed by atoms with Crippen molar-refractivity contribution in [2.75, 3.05) is 0 Å². The number of aromatic nitrogens is 1. The van der Waals surface area contributed by atoms with Gasteiger partial charge >= 0.3 is 0 Å². The summed E-state index contributed by atoms with van der Waals surface area (Å²) >= 11 is 0. The summed E-state index contributed by atoms with van der Waals surface area (Å²) in [6, 6.07) is 11.9. The van der Waals surface area contributed by atoms with Crippen LogP contribution in [0.2, 0.25) is 0 Å². The average molecular weight is 242 g/mol. The Labute approximate surface area is 108 Å². The molecule has 3 heteroatoms. The van der Waals surface area contributed by atoms with Gasteiger partial charge < -0.3 is 10.5 Å². The van der Waals surface area contributed by atoms with Gasteiger partial charge in [0.1, 0.15) is 5.75 Å². The zero-order valence-electron chi connectivity index (χ0n) is 10.8. The Bertz CT molecular complexity index is 523. The molecule has 1 aromatic carbocycles. The Balaban J connectivity index is 2.23. The molecule has 1 atom stereocenters. The van der Waals surface area contributed by atoms with Crippen LogP contribution in [0.15, 0.2) is 42.6 Å². The van der Waals surface area contributed by atoms with E-state index >= 15 is 0 Å². The Hall–Kier alpha value is -1.87. The molecule has 0 saturated heterocycles. The summed E-state index contributed by atoms with van der Waals surface area (Å²) in [7, 11) is 0. The minimum absolute atomic E-state index is 0.0917. The Morgan fingerprint density at radius 1 is 1.28 bits per heavy atom. The highest BCUT2D eigenvalue weighted by molar-refractivity contribution is 5.34. The quantitative estimate of drug-likeness (QED) is 0.896. The van der Waals surface area contributed by atoms with Crippen LogP contribution in [0.5, 0.6) is 11.6 Å². The van der Waals surface area contributed by atoms with Crippen LogP contribution in [-0.4, -0.2) is 11.0 Å². The van der Waals surface area contributed by atoms with Crippen molar-refractivity contribution in [3.05, 3.63) is 53.7 Å². The maximum atomic E-state index is 5.83. The lowest BCUT2D eigenvalue weighted by molar-refractivity contribution is 0.453. The molecule has 2 N–H and O–H groups in total. The smallest absolute Gasteiger partial charge is 0.222 e. The van der Waals surface area contributed by atoms with Crippen LogP contribution in [0.4, 0.5) is 0 Å². The van der Waals surface area contributed by atoms with Gasteiger partial charge in [0.25, 0.3) is 0 Å². The molecule has 1 heterocycles. The summed E-state index contributed by atoms with van der Waals surface area (Å²) in [5, 5.41) is 0. The summed E-state index contributed by atoms with van der Waals surface area (Å²) in [5.41, 5.74) is 8.03. The molecule has 0 saturated carbocycles. The van der Waals surface area contributed by atoms with Crippen LogP contribution in [0.25, 0.3) is 0 Å². The second-order valence-electron chi connectivity index (χ2n) is 4.57. The van der Waals surface area contributed by atoms with E-state index in [2.05, 4.69) is 4.98 Å². The van der Waals surface area contributed by atoms with E-state index in [-0.39, 0.29) is 6.04 Å². The molecule has 2 rings (SSSR count). The number of hydrogen-bond acceptors (Lipinski definition) is 3. The van der Waals surface area contributed by atoms with Crippen molar-refractivity contribution in [1.29, 1.82) is 0 Å². The molecule has 1 aromatic heterocycles. The van der Waals surface area contributed by atoms with Gasteiger partial charge in [0.15, 0.2) is 0 Å². The van der Waals surface area contributed by atoms with Crippen LogP contribution in [0.3, 0.4) is 0 Å². The first-order valence-electron chi connectivity index (χ1n) is 6.09. The summed E-state index contributed by atoms with van der Waals surface area (Å²) in [6.07, 6.45) is 2.49. The van der Waals surface area contributed by atoms with Crippen molar-refractivity contribution >= 4 is 0 Å². The largest absolute Gasteiger partial charge is 0.439 e. The highest BCUT2D eigenvalue weighted by Crippen LogP contribution is 2.24. The molecule has 0 fully saturated rings. The molecule has 0 aliphatic carbocycles. The van der Waals surface area contributed by atoms with E-state index in [0.717, 1.165) is 23.3 Å². The zero-order valence-corrected chi connectivity index (χ0v) is 10.8. The number of pyridine rings is 1. The maximum Gasteiger partial charge on any atom is 0.222 e. The Morgan fingerprint density at radius 2 is 2.11 bits per heavy atom. The lowest BCUT2D eigenvalue weighted by Gasteiger charge is -2.11. The predicted octanol–water partition coefficient (Wildman–Crippen LogP) is 3.07. The van der Waals surface area contributed by atoms with E-state index in [0.29, 0.717) is 5.88 Å². The lowest BCUT2D eigenvalue weighted by Crippen LogP contribution is -2.18. The van der Waals surface area contributed by atoms with E-state index in [1.165, 1.54) is 0 Å². The number of benzene rings is 1. The zero-order chi connectivity index (χ0) is 13.0. The Morgan fingerprint density at radius 3 is 2.83 bits per heavy atom. The van der Waals surface area contributed by atoms with Crippen molar-refractivity contribution in [3.8, 4) is 11.6 Å². The summed E-state index contributed by atoms with van der Waals surface area (Å²) in [4.78, 5) is 4.28. The van der Waals surface area contributed by atoms with Crippen molar-refractivity contribution in [2.45, 2.75) is 26.3 Å². The minimum Gasteiger partial charge on any atom is -0.439 e. The first-order valence-corrected chi connectivity index (χ1v) is 6.09. The molecule has 0 radical (unpaired) electrons. The molecule has 1 unspecified atom stereocenters. The van der Waals surface area contributed by atoms with Crippen LogP contribution in [-0.2, 0) is 6.42 Å². The van der Waals surface area contributed by atoms with Gasteiger partial charge in [-0.05, 0) is 44.0 Å². The van der Waals surface area contributed by atoms with Gasteiger partial charge in [-0.15, -0.1) is 0 Å². The number of rotatable bonds is 4. The molecule has 18 heavy (non-hydrogen) atoms. The molecule has 3 nitrogen and oxygen atoms in total. The highest BCUT2D eigenvalue weighted by atomic mass is 16.5. The van der Waals surface area contributed by atoms with Gasteiger partial charge in [0.05, 0.1) is 0 Å². The average Bonchev–Trinajstić information content (AvgIpc) is 2.31. The van der Waals surface area contributed by atoms with Gasteiger partial charge in [0.2, 0.25) is 5.88 Å². The standard InChI is InChI=1S/C15H18N2O/c1-11-5-3-7-14(9-11)18-15-13(10-12(2)16)6-4-8-17-15/h3-9,12H,10,16H2,1-2H3. The van der Waals surface area contributed by atoms with Gasteiger partial charge in [-0.2, -0.15) is 0 Å². The fourth-order valence-electron chi connectivity index (χ4n) is 1.81. The number of nitrogens with two attached hydrogens (primary N) is 1. The van der Waals surface area contributed by atoms with Gasteiger partial charge in [-0.3, -0.25) is 0 Å². The maximum absolute atomic E-state index is 5.83. The fraction of sp³-hybridized carbons (Fsp3) is 0.267. The number of nitrogens with zero attached hydrogens (tertiary/aromatic N) is 1. The van der Waals surface area contributed by atoms with Crippen molar-refractivity contribution in [2.24, 2.45) is 5.73 Å². The molecular formula is C15H18N2O.